The van der Waals surface area contributed by atoms with Crippen molar-refractivity contribution < 1.29 is 0 Å². The van der Waals surface area contributed by atoms with E-state index in [-0.39, 0.29) is 0 Å². The molecule has 15 heavy (non-hydrogen) atoms. The van der Waals surface area contributed by atoms with E-state index < -0.39 is 0 Å². The maximum absolute atomic E-state index is 5.68. The number of thiocarbonyl (C=S) groups is 1. The lowest BCUT2D eigenvalue weighted by Gasteiger charge is -2.11. The first-order valence-electron chi connectivity index (χ1n) is 5.00. The van der Waals surface area contributed by atoms with Crippen molar-refractivity contribution in [1.82, 2.24) is 0 Å². The van der Waals surface area contributed by atoms with Gasteiger partial charge < -0.3 is 11.1 Å². The highest BCUT2D eigenvalue weighted by atomic mass is 79.9. The van der Waals surface area contributed by atoms with Crippen molar-refractivity contribution in [2.45, 2.75) is 12.8 Å². The van der Waals surface area contributed by atoms with Gasteiger partial charge in [0.25, 0.3) is 0 Å². The molecule has 0 atom stereocenters. The van der Waals surface area contributed by atoms with Gasteiger partial charge in [-0.15, -0.1) is 0 Å². The van der Waals surface area contributed by atoms with Crippen LogP contribution >= 0.6 is 28.1 Å². The molecular weight excluding hydrogens is 272 g/mol. The van der Waals surface area contributed by atoms with E-state index in [1.165, 1.54) is 12.8 Å². The molecule has 2 nitrogen and oxygen atoms in total. The number of rotatable bonds is 4. The maximum atomic E-state index is 5.68. The van der Waals surface area contributed by atoms with Crippen LogP contribution in [0.3, 0.4) is 0 Å². The van der Waals surface area contributed by atoms with Gasteiger partial charge in [-0.1, -0.05) is 28.1 Å². The van der Waals surface area contributed by atoms with Crippen molar-refractivity contribution in [1.29, 1.82) is 0 Å². The van der Waals surface area contributed by atoms with Crippen LogP contribution in [0.5, 0.6) is 0 Å². The summed E-state index contributed by atoms with van der Waals surface area (Å²) in [4.78, 5) is 0.439. The van der Waals surface area contributed by atoms with E-state index in [4.69, 9.17) is 18.0 Å². The number of halogens is 1. The normalized spacial score (nSPS) is 15.0. The number of anilines is 1. The molecule has 1 aliphatic carbocycles. The van der Waals surface area contributed by atoms with Gasteiger partial charge in [0.15, 0.2) is 0 Å². The lowest BCUT2D eigenvalue weighted by Crippen LogP contribution is -2.14. The van der Waals surface area contributed by atoms with Crippen LogP contribution in [-0.4, -0.2) is 11.5 Å². The summed E-state index contributed by atoms with van der Waals surface area (Å²) in [6, 6.07) is 5.97. The van der Waals surface area contributed by atoms with Crippen LogP contribution < -0.4 is 11.1 Å². The minimum Gasteiger partial charge on any atom is -0.389 e. The average molecular weight is 285 g/mol. The minimum absolute atomic E-state index is 0.439. The molecule has 1 fully saturated rings. The molecule has 0 unspecified atom stereocenters. The van der Waals surface area contributed by atoms with E-state index in [0.29, 0.717) is 4.99 Å². The standard InChI is InChI=1S/C11H13BrN2S/c12-8-3-4-10(9(5-8)11(13)15)14-6-7-1-2-7/h3-5,7,14H,1-2,6H2,(H2,13,15). The van der Waals surface area contributed by atoms with Crippen molar-refractivity contribution in [3.05, 3.63) is 28.2 Å². The van der Waals surface area contributed by atoms with Crippen molar-refractivity contribution in [2.75, 3.05) is 11.9 Å². The zero-order valence-corrected chi connectivity index (χ0v) is 10.7. The molecule has 0 aromatic heterocycles. The first-order chi connectivity index (χ1) is 7.16. The first kappa shape index (κ1) is 10.9. The van der Waals surface area contributed by atoms with Gasteiger partial charge >= 0.3 is 0 Å². The Kier molecular flexibility index (Phi) is 3.26. The number of nitrogens with one attached hydrogen (secondary N) is 1. The Balaban J connectivity index is 2.15. The molecule has 0 bridgehead atoms. The molecule has 1 aromatic carbocycles. The zero-order chi connectivity index (χ0) is 10.8. The second-order valence-corrected chi connectivity index (χ2v) is 5.23. The molecule has 1 saturated carbocycles. The van der Waals surface area contributed by atoms with Gasteiger partial charge in [0, 0.05) is 22.3 Å². The quantitative estimate of drug-likeness (QED) is 0.835. The fraction of sp³-hybridized carbons (Fsp3) is 0.364. The van der Waals surface area contributed by atoms with Crippen molar-refractivity contribution in [3.8, 4) is 0 Å². The lowest BCUT2D eigenvalue weighted by molar-refractivity contribution is 0.889. The van der Waals surface area contributed by atoms with Crippen LogP contribution in [0.2, 0.25) is 0 Å². The summed E-state index contributed by atoms with van der Waals surface area (Å²) in [6.07, 6.45) is 2.68. The first-order valence-corrected chi connectivity index (χ1v) is 6.20. The van der Waals surface area contributed by atoms with Crippen LogP contribution in [0.1, 0.15) is 18.4 Å². The Morgan fingerprint density at radius 1 is 1.53 bits per heavy atom. The molecule has 80 valence electrons. The number of benzene rings is 1. The summed E-state index contributed by atoms with van der Waals surface area (Å²) >= 11 is 8.44. The molecule has 1 aromatic rings. The molecule has 3 N–H and O–H groups in total. The van der Waals surface area contributed by atoms with Gasteiger partial charge in [0.2, 0.25) is 0 Å². The van der Waals surface area contributed by atoms with Crippen molar-refractivity contribution >= 4 is 38.8 Å². The highest BCUT2D eigenvalue weighted by molar-refractivity contribution is 9.10. The van der Waals surface area contributed by atoms with E-state index in [9.17, 15) is 0 Å². The predicted molar refractivity (Wildman–Crippen MR) is 71.2 cm³/mol. The maximum Gasteiger partial charge on any atom is 0.106 e. The summed E-state index contributed by atoms with van der Waals surface area (Å²) in [5.41, 5.74) is 7.63. The van der Waals surface area contributed by atoms with Gasteiger partial charge in [-0.25, -0.2) is 0 Å². The fourth-order valence-electron chi connectivity index (χ4n) is 1.45. The summed E-state index contributed by atoms with van der Waals surface area (Å²) < 4.78 is 1.00. The zero-order valence-electron chi connectivity index (χ0n) is 8.29. The third kappa shape index (κ3) is 2.92. The second kappa shape index (κ2) is 4.49. The molecule has 0 aliphatic heterocycles. The predicted octanol–water partition coefficient (Wildman–Crippen LogP) is 2.91. The Labute approximate surface area is 103 Å². The summed E-state index contributed by atoms with van der Waals surface area (Å²) in [5.74, 6) is 0.841. The molecule has 1 aliphatic rings. The van der Waals surface area contributed by atoms with Crippen LogP contribution in [0.4, 0.5) is 5.69 Å². The van der Waals surface area contributed by atoms with Crippen molar-refractivity contribution in [3.63, 3.8) is 0 Å². The molecule has 2 rings (SSSR count). The number of hydrogen-bond donors (Lipinski definition) is 2. The summed E-state index contributed by atoms with van der Waals surface area (Å²) in [7, 11) is 0. The third-order valence-electron chi connectivity index (χ3n) is 2.53. The SMILES string of the molecule is NC(=S)c1cc(Br)ccc1NCC1CC1. The van der Waals surface area contributed by atoms with E-state index in [0.717, 1.165) is 28.2 Å². The largest absolute Gasteiger partial charge is 0.389 e. The number of hydrogen-bond acceptors (Lipinski definition) is 2. The molecule has 0 radical (unpaired) electrons. The van der Waals surface area contributed by atoms with Crippen molar-refractivity contribution in [2.24, 2.45) is 11.7 Å². The highest BCUT2D eigenvalue weighted by Crippen LogP contribution is 2.30. The average Bonchev–Trinajstić information content (AvgIpc) is 2.99. The molecule has 4 heteroatoms. The van der Waals surface area contributed by atoms with Gasteiger partial charge in [0.05, 0.1) is 0 Å². The molecular formula is C11H13BrN2S. The Hall–Kier alpha value is -0.610. The Morgan fingerprint density at radius 2 is 2.27 bits per heavy atom. The van der Waals surface area contributed by atoms with E-state index in [1.54, 1.807) is 0 Å². The third-order valence-corrected chi connectivity index (χ3v) is 3.24. The second-order valence-electron chi connectivity index (χ2n) is 3.88. The van der Waals surface area contributed by atoms with Crippen LogP contribution in [0.25, 0.3) is 0 Å². The molecule has 0 saturated heterocycles. The Morgan fingerprint density at radius 3 is 2.87 bits per heavy atom. The topological polar surface area (TPSA) is 38.0 Å². The van der Waals surface area contributed by atoms with E-state index in [1.807, 2.05) is 18.2 Å². The molecule has 0 heterocycles. The Bertz CT molecular complexity index is 388. The molecule has 0 amide bonds. The fourth-order valence-corrected chi connectivity index (χ4v) is 1.98. The van der Waals surface area contributed by atoms with Gasteiger partial charge in [-0.3, -0.25) is 0 Å². The lowest BCUT2D eigenvalue weighted by atomic mass is 10.1. The van der Waals surface area contributed by atoms with E-state index >= 15 is 0 Å². The molecule has 0 spiro atoms. The van der Waals surface area contributed by atoms with Gasteiger partial charge in [-0.05, 0) is 37.0 Å². The smallest absolute Gasteiger partial charge is 0.106 e. The minimum atomic E-state index is 0.439. The van der Waals surface area contributed by atoms with Gasteiger partial charge in [-0.2, -0.15) is 0 Å². The summed E-state index contributed by atoms with van der Waals surface area (Å²) in [5, 5.41) is 3.40. The van der Waals surface area contributed by atoms with Gasteiger partial charge in [0.1, 0.15) is 4.99 Å². The highest BCUT2D eigenvalue weighted by Gasteiger charge is 2.21. The van der Waals surface area contributed by atoms with Crippen LogP contribution in [0, 0.1) is 5.92 Å². The van der Waals surface area contributed by atoms with E-state index in [2.05, 4.69) is 21.2 Å². The monoisotopic (exact) mass is 284 g/mol. The van der Waals surface area contributed by atoms with Crippen LogP contribution in [-0.2, 0) is 0 Å². The number of nitrogens with two attached hydrogens (primary N) is 1. The summed E-state index contributed by atoms with van der Waals surface area (Å²) in [6.45, 7) is 1.03. The van der Waals surface area contributed by atoms with Crippen LogP contribution in [0.15, 0.2) is 22.7 Å².